The zero-order chi connectivity index (χ0) is 23.5. The molecule has 0 fully saturated rings. The molecule has 0 radical (unpaired) electrons. The number of allylic oxidation sites excluding steroid dienone is 1. The van der Waals surface area contributed by atoms with Crippen molar-refractivity contribution in [1.29, 1.82) is 0 Å². The fourth-order valence-electron chi connectivity index (χ4n) is 4.12. The van der Waals surface area contributed by atoms with Crippen LogP contribution < -0.4 is 16.6 Å². The number of carbonyl (C=O) groups excluding carboxylic acids is 1. The second-order valence-electron chi connectivity index (χ2n) is 8.04. The lowest BCUT2D eigenvalue weighted by molar-refractivity contribution is 0.102. The molecule has 0 bridgehead atoms. The van der Waals surface area contributed by atoms with E-state index in [9.17, 15) is 9.59 Å². The Labute approximate surface area is 196 Å². The average Bonchev–Trinajstić information content (AvgIpc) is 2.88. The Kier molecular flexibility index (Phi) is 5.67. The van der Waals surface area contributed by atoms with Crippen molar-refractivity contribution in [2.24, 2.45) is 0 Å². The van der Waals surface area contributed by atoms with Crippen LogP contribution in [-0.2, 0) is 6.54 Å². The second kappa shape index (κ2) is 9.08. The van der Waals surface area contributed by atoms with Crippen molar-refractivity contribution >= 4 is 45.0 Å². The highest BCUT2D eigenvalue weighted by atomic mass is 16.1. The number of benzene rings is 4. The highest BCUT2D eigenvalue weighted by Crippen LogP contribution is 2.23. The highest BCUT2D eigenvalue weighted by molar-refractivity contribution is 6.06. The van der Waals surface area contributed by atoms with Crippen LogP contribution in [0.5, 0.6) is 0 Å². The van der Waals surface area contributed by atoms with Crippen LogP contribution in [0.1, 0.15) is 15.9 Å². The fourth-order valence-corrected chi connectivity index (χ4v) is 4.12. The first-order chi connectivity index (χ1) is 16.6. The van der Waals surface area contributed by atoms with Crippen LogP contribution >= 0.6 is 0 Å². The summed E-state index contributed by atoms with van der Waals surface area (Å²) >= 11 is 0. The molecule has 0 aliphatic rings. The van der Waals surface area contributed by atoms with E-state index < -0.39 is 0 Å². The number of hydrogen-bond donors (Lipinski definition) is 2. The van der Waals surface area contributed by atoms with Crippen molar-refractivity contribution < 1.29 is 4.79 Å². The number of amides is 1. The van der Waals surface area contributed by atoms with Gasteiger partial charge in [-0.3, -0.25) is 9.59 Å². The largest absolute Gasteiger partial charge is 0.397 e. The SMILES string of the molecule is Nc1ccccc1NC(=O)c1ccc(C=CCn2c(=O)c3ccccc3c3ccccc32)cc1. The summed E-state index contributed by atoms with van der Waals surface area (Å²) in [6.45, 7) is 0.444. The van der Waals surface area contributed by atoms with Crippen molar-refractivity contribution in [3.8, 4) is 0 Å². The summed E-state index contributed by atoms with van der Waals surface area (Å²) in [7, 11) is 0. The molecule has 5 nitrogen and oxygen atoms in total. The number of aromatic nitrogens is 1. The molecule has 5 heteroatoms. The van der Waals surface area contributed by atoms with Gasteiger partial charge in [0.15, 0.2) is 0 Å². The summed E-state index contributed by atoms with van der Waals surface area (Å²) in [5.41, 5.74) is 9.38. The van der Waals surface area contributed by atoms with E-state index in [0.29, 0.717) is 28.9 Å². The normalized spacial score (nSPS) is 11.3. The van der Waals surface area contributed by atoms with Crippen molar-refractivity contribution in [3.63, 3.8) is 0 Å². The lowest BCUT2D eigenvalue weighted by Gasteiger charge is -2.11. The summed E-state index contributed by atoms with van der Waals surface area (Å²) < 4.78 is 1.79. The number of rotatable bonds is 5. The Balaban J connectivity index is 1.36. The minimum absolute atomic E-state index is 0.00819. The summed E-state index contributed by atoms with van der Waals surface area (Å²) in [6.07, 6.45) is 3.91. The molecule has 166 valence electrons. The van der Waals surface area contributed by atoms with Crippen molar-refractivity contribution in [2.75, 3.05) is 11.1 Å². The molecule has 0 saturated carbocycles. The van der Waals surface area contributed by atoms with Gasteiger partial charge in [0, 0.05) is 22.9 Å². The van der Waals surface area contributed by atoms with Gasteiger partial charge in [-0.25, -0.2) is 0 Å². The van der Waals surface area contributed by atoms with E-state index in [1.165, 1.54) is 0 Å². The lowest BCUT2D eigenvalue weighted by atomic mass is 10.1. The first-order valence-electron chi connectivity index (χ1n) is 11.0. The summed E-state index contributed by atoms with van der Waals surface area (Å²) in [4.78, 5) is 25.7. The number of pyridine rings is 1. The highest BCUT2D eigenvalue weighted by Gasteiger charge is 2.09. The maximum Gasteiger partial charge on any atom is 0.259 e. The summed E-state index contributed by atoms with van der Waals surface area (Å²) in [5, 5.41) is 5.56. The molecule has 1 amide bonds. The van der Waals surface area contributed by atoms with Crippen molar-refractivity contribution in [2.45, 2.75) is 6.54 Å². The van der Waals surface area contributed by atoms with Crippen LogP contribution in [0.3, 0.4) is 0 Å². The molecule has 4 aromatic carbocycles. The number of anilines is 2. The third-order valence-corrected chi connectivity index (χ3v) is 5.87. The molecule has 0 atom stereocenters. The molecule has 0 aliphatic heterocycles. The van der Waals surface area contributed by atoms with Gasteiger partial charge in [0.25, 0.3) is 11.5 Å². The van der Waals surface area contributed by atoms with Gasteiger partial charge in [-0.15, -0.1) is 0 Å². The molecule has 1 aromatic heterocycles. The zero-order valence-electron chi connectivity index (χ0n) is 18.4. The minimum atomic E-state index is -0.220. The third-order valence-electron chi connectivity index (χ3n) is 5.87. The monoisotopic (exact) mass is 445 g/mol. The van der Waals surface area contributed by atoms with Gasteiger partial charge in [-0.05, 0) is 47.3 Å². The van der Waals surface area contributed by atoms with Gasteiger partial charge in [-0.1, -0.05) is 72.8 Å². The van der Waals surface area contributed by atoms with Crippen molar-refractivity contribution in [3.05, 3.63) is 125 Å². The number of hydrogen-bond acceptors (Lipinski definition) is 3. The summed E-state index contributed by atoms with van der Waals surface area (Å²) in [6, 6.07) is 30.1. The van der Waals surface area contributed by atoms with Gasteiger partial charge < -0.3 is 15.6 Å². The minimum Gasteiger partial charge on any atom is -0.397 e. The molecule has 1 heterocycles. The number of nitrogens with one attached hydrogen (secondary N) is 1. The molecule has 5 rings (SSSR count). The van der Waals surface area contributed by atoms with E-state index in [1.807, 2.05) is 84.9 Å². The number of para-hydroxylation sites is 3. The van der Waals surface area contributed by atoms with E-state index in [1.54, 1.807) is 28.8 Å². The number of nitrogens with two attached hydrogens (primary N) is 1. The Hall–Kier alpha value is -4.64. The van der Waals surface area contributed by atoms with E-state index in [0.717, 1.165) is 21.9 Å². The average molecular weight is 446 g/mol. The van der Waals surface area contributed by atoms with E-state index >= 15 is 0 Å². The molecule has 34 heavy (non-hydrogen) atoms. The van der Waals surface area contributed by atoms with Gasteiger partial charge >= 0.3 is 0 Å². The third kappa shape index (κ3) is 4.07. The number of carbonyl (C=O) groups is 1. The fraction of sp³-hybridized carbons (Fsp3) is 0.0345. The maximum absolute atomic E-state index is 13.2. The molecule has 0 spiro atoms. The predicted octanol–water partition coefficient (Wildman–Crippen LogP) is 5.70. The van der Waals surface area contributed by atoms with Crippen LogP contribution in [0.25, 0.3) is 27.8 Å². The number of fused-ring (bicyclic) bond motifs is 3. The lowest BCUT2D eigenvalue weighted by Crippen LogP contribution is -2.20. The molecule has 3 N–H and O–H groups in total. The predicted molar refractivity (Wildman–Crippen MR) is 140 cm³/mol. The topological polar surface area (TPSA) is 77.1 Å². The maximum atomic E-state index is 13.2. The Morgan fingerprint density at radius 2 is 1.44 bits per heavy atom. The molecule has 5 aromatic rings. The van der Waals surface area contributed by atoms with Gasteiger partial charge in [0.2, 0.25) is 0 Å². The van der Waals surface area contributed by atoms with Crippen LogP contribution in [0.4, 0.5) is 11.4 Å². The smallest absolute Gasteiger partial charge is 0.259 e. The van der Waals surface area contributed by atoms with E-state index in [-0.39, 0.29) is 11.5 Å². The first-order valence-corrected chi connectivity index (χ1v) is 11.0. The molecular weight excluding hydrogens is 422 g/mol. The van der Waals surface area contributed by atoms with Crippen molar-refractivity contribution in [1.82, 2.24) is 4.57 Å². The van der Waals surface area contributed by atoms with Crippen LogP contribution in [-0.4, -0.2) is 10.5 Å². The van der Waals surface area contributed by atoms with Gasteiger partial charge in [0.1, 0.15) is 0 Å². The Morgan fingerprint density at radius 1 is 0.794 bits per heavy atom. The molecule has 0 unspecified atom stereocenters. The van der Waals surface area contributed by atoms with Crippen LogP contribution in [0, 0.1) is 0 Å². The number of nitrogen functional groups attached to an aromatic ring is 1. The molecule has 0 aliphatic carbocycles. The van der Waals surface area contributed by atoms with Gasteiger partial charge in [-0.2, -0.15) is 0 Å². The van der Waals surface area contributed by atoms with Crippen LogP contribution in [0.15, 0.2) is 108 Å². The van der Waals surface area contributed by atoms with E-state index in [2.05, 4.69) is 5.32 Å². The Morgan fingerprint density at radius 3 is 2.21 bits per heavy atom. The quantitative estimate of drug-likeness (QED) is 0.269. The van der Waals surface area contributed by atoms with Crippen LogP contribution in [0.2, 0.25) is 0 Å². The number of nitrogens with zero attached hydrogens (tertiary/aromatic N) is 1. The standard InChI is InChI=1S/C29H23N3O2/c30-25-12-4-5-13-26(25)31-28(33)21-17-15-20(16-18-21)8-7-19-32-27-14-6-3-10-23(27)22-9-1-2-11-24(22)29(32)34/h1-18H,19,30H2,(H,31,33). The molecule has 0 saturated heterocycles. The molecular formula is C29H23N3O2. The second-order valence-corrected chi connectivity index (χ2v) is 8.04. The first kappa shape index (κ1) is 21.2. The van der Waals surface area contributed by atoms with Gasteiger partial charge in [0.05, 0.1) is 16.9 Å². The summed E-state index contributed by atoms with van der Waals surface area (Å²) in [5.74, 6) is -0.220. The van der Waals surface area contributed by atoms with E-state index in [4.69, 9.17) is 5.73 Å². The zero-order valence-corrected chi connectivity index (χ0v) is 18.4. The Bertz CT molecular complexity index is 1600.